The molecule has 3 nitrogen and oxygen atoms in total. The van der Waals surface area contributed by atoms with Crippen LogP contribution in [-0.2, 0) is 0 Å². The first-order chi connectivity index (χ1) is 7.54. The van der Waals surface area contributed by atoms with Gasteiger partial charge in [-0.05, 0) is 20.3 Å². The predicted octanol–water partition coefficient (Wildman–Crippen LogP) is 3.38. The molecule has 2 atom stereocenters. The summed E-state index contributed by atoms with van der Waals surface area (Å²) in [5.74, 6) is 0.759. The molecule has 1 aromatic heterocycles. The fourth-order valence-electron chi connectivity index (χ4n) is 1.42. The lowest BCUT2D eigenvalue weighted by Gasteiger charge is -2.16. The van der Waals surface area contributed by atoms with E-state index in [1.807, 2.05) is 13.8 Å². The molecule has 0 saturated heterocycles. The highest BCUT2D eigenvalue weighted by molar-refractivity contribution is 6.21. The van der Waals surface area contributed by atoms with Gasteiger partial charge in [0.15, 0.2) is 0 Å². The van der Waals surface area contributed by atoms with Crippen LogP contribution in [0.2, 0.25) is 0 Å². The number of rotatable bonds is 5. The van der Waals surface area contributed by atoms with Gasteiger partial charge in [-0.15, -0.1) is 11.6 Å². The van der Waals surface area contributed by atoms with Gasteiger partial charge in [-0.1, -0.05) is 13.8 Å². The predicted molar refractivity (Wildman–Crippen MR) is 66.1 cm³/mol. The third kappa shape index (κ3) is 3.63. The summed E-state index contributed by atoms with van der Waals surface area (Å²) >= 11 is 6.20. The third-order valence-electron chi connectivity index (χ3n) is 2.39. The Labute approximate surface area is 102 Å². The Morgan fingerprint density at radius 2 is 2.00 bits per heavy atom. The van der Waals surface area contributed by atoms with Crippen LogP contribution in [0.15, 0.2) is 12.4 Å². The van der Waals surface area contributed by atoms with E-state index in [1.54, 1.807) is 12.4 Å². The number of aromatic nitrogens is 2. The fraction of sp³-hybridized carbons (Fsp3) is 0.667. The van der Waals surface area contributed by atoms with Crippen molar-refractivity contribution in [2.24, 2.45) is 0 Å². The number of hydrogen-bond acceptors (Lipinski definition) is 3. The summed E-state index contributed by atoms with van der Waals surface area (Å²) in [7, 11) is 0. The van der Waals surface area contributed by atoms with Gasteiger partial charge in [0.2, 0.25) is 5.88 Å². The zero-order valence-electron chi connectivity index (χ0n) is 10.3. The molecule has 16 heavy (non-hydrogen) atoms. The highest BCUT2D eigenvalue weighted by atomic mass is 35.5. The average molecular weight is 243 g/mol. The van der Waals surface area contributed by atoms with Gasteiger partial charge in [0.25, 0.3) is 0 Å². The average Bonchev–Trinajstić information content (AvgIpc) is 2.26. The van der Waals surface area contributed by atoms with Gasteiger partial charge in [0.1, 0.15) is 0 Å². The van der Waals surface area contributed by atoms with E-state index in [9.17, 15) is 0 Å². The van der Waals surface area contributed by atoms with E-state index in [-0.39, 0.29) is 17.4 Å². The molecular weight excluding hydrogens is 224 g/mol. The van der Waals surface area contributed by atoms with Crippen LogP contribution in [0, 0.1) is 0 Å². The number of alkyl halides is 1. The normalized spacial score (nSPS) is 14.9. The first-order valence-corrected chi connectivity index (χ1v) is 6.10. The van der Waals surface area contributed by atoms with Crippen molar-refractivity contribution < 1.29 is 4.74 Å². The summed E-state index contributed by atoms with van der Waals surface area (Å²) in [6.07, 6.45) is 4.41. The number of hydrogen-bond donors (Lipinski definition) is 0. The Morgan fingerprint density at radius 3 is 2.56 bits per heavy atom. The molecule has 1 rings (SSSR count). The van der Waals surface area contributed by atoms with Gasteiger partial charge in [0, 0.05) is 17.5 Å². The smallest absolute Gasteiger partial charge is 0.232 e. The monoisotopic (exact) mass is 242 g/mol. The van der Waals surface area contributed by atoms with Crippen molar-refractivity contribution in [3.8, 4) is 5.88 Å². The molecule has 0 spiro atoms. The lowest BCUT2D eigenvalue weighted by atomic mass is 10.0. The molecule has 0 fully saturated rings. The number of ether oxygens (including phenoxy) is 1. The summed E-state index contributed by atoms with van der Waals surface area (Å²) in [5, 5.41) is 0.0867. The highest BCUT2D eigenvalue weighted by Crippen LogP contribution is 2.24. The molecule has 0 aromatic carbocycles. The minimum Gasteiger partial charge on any atom is -0.474 e. The van der Waals surface area contributed by atoms with Crippen LogP contribution >= 0.6 is 11.6 Å². The van der Waals surface area contributed by atoms with Gasteiger partial charge in [-0.2, -0.15) is 0 Å². The summed E-state index contributed by atoms with van der Waals surface area (Å²) in [5.41, 5.74) is 0.889. The Morgan fingerprint density at radius 1 is 1.31 bits per heavy atom. The molecule has 0 aliphatic heterocycles. The second-order valence-electron chi connectivity index (χ2n) is 4.16. The van der Waals surface area contributed by atoms with E-state index in [1.165, 1.54) is 0 Å². The summed E-state index contributed by atoms with van der Waals surface area (Å²) < 4.78 is 5.50. The van der Waals surface area contributed by atoms with Crippen molar-refractivity contribution in [2.45, 2.75) is 51.5 Å². The maximum Gasteiger partial charge on any atom is 0.232 e. The van der Waals surface area contributed by atoms with E-state index in [0.29, 0.717) is 5.88 Å². The Kier molecular flexibility index (Phi) is 5.00. The molecule has 0 amide bonds. The van der Waals surface area contributed by atoms with Crippen LogP contribution in [0.1, 0.15) is 45.7 Å². The van der Waals surface area contributed by atoms with E-state index in [2.05, 4.69) is 23.8 Å². The van der Waals surface area contributed by atoms with E-state index >= 15 is 0 Å². The lowest BCUT2D eigenvalue weighted by molar-refractivity contribution is 0.230. The molecular formula is C12H19ClN2O. The first-order valence-electron chi connectivity index (χ1n) is 5.67. The second kappa shape index (κ2) is 6.04. The summed E-state index contributed by atoms with van der Waals surface area (Å²) in [6, 6.07) is 0. The number of halogens is 1. The molecule has 90 valence electrons. The molecule has 0 aliphatic carbocycles. The van der Waals surface area contributed by atoms with Crippen molar-refractivity contribution in [2.75, 3.05) is 0 Å². The largest absolute Gasteiger partial charge is 0.474 e. The maximum absolute atomic E-state index is 6.20. The summed E-state index contributed by atoms with van der Waals surface area (Å²) in [4.78, 5) is 8.54. The van der Waals surface area contributed by atoms with Crippen molar-refractivity contribution >= 4 is 11.6 Å². The van der Waals surface area contributed by atoms with Crippen LogP contribution in [0.4, 0.5) is 0 Å². The SMILES string of the molecule is CCC(Cl)C(C)c1cncc(OC(C)C)n1. The lowest BCUT2D eigenvalue weighted by Crippen LogP contribution is -2.13. The minimum atomic E-state index is 0.0867. The standard InChI is InChI=1S/C12H19ClN2O/c1-5-10(13)9(4)11-6-14-7-12(15-11)16-8(2)3/h6-10H,5H2,1-4H3. The Hall–Kier alpha value is -0.830. The van der Waals surface area contributed by atoms with Gasteiger partial charge in [-0.3, -0.25) is 4.98 Å². The quantitative estimate of drug-likeness (QED) is 0.743. The molecule has 0 saturated carbocycles. The molecule has 0 N–H and O–H groups in total. The molecule has 0 bridgehead atoms. The Balaban J connectivity index is 2.81. The fourth-order valence-corrected chi connectivity index (χ4v) is 1.55. The maximum atomic E-state index is 6.20. The van der Waals surface area contributed by atoms with E-state index in [4.69, 9.17) is 16.3 Å². The molecule has 0 radical (unpaired) electrons. The second-order valence-corrected chi connectivity index (χ2v) is 4.72. The van der Waals surface area contributed by atoms with Crippen molar-refractivity contribution in [3.63, 3.8) is 0 Å². The zero-order chi connectivity index (χ0) is 12.1. The van der Waals surface area contributed by atoms with Crippen molar-refractivity contribution in [3.05, 3.63) is 18.1 Å². The van der Waals surface area contributed by atoms with Crippen molar-refractivity contribution in [1.29, 1.82) is 0 Å². The van der Waals surface area contributed by atoms with Gasteiger partial charge in [-0.25, -0.2) is 4.98 Å². The molecule has 1 aromatic rings. The van der Waals surface area contributed by atoms with Crippen LogP contribution in [0.25, 0.3) is 0 Å². The molecule has 0 aliphatic rings. The Bertz CT molecular complexity index is 331. The van der Waals surface area contributed by atoms with Crippen LogP contribution in [0.5, 0.6) is 5.88 Å². The van der Waals surface area contributed by atoms with E-state index < -0.39 is 0 Å². The van der Waals surface area contributed by atoms with Crippen LogP contribution in [0.3, 0.4) is 0 Å². The van der Waals surface area contributed by atoms with Crippen LogP contribution < -0.4 is 4.74 Å². The van der Waals surface area contributed by atoms with Crippen LogP contribution in [-0.4, -0.2) is 21.4 Å². The van der Waals surface area contributed by atoms with Gasteiger partial charge in [0.05, 0.1) is 18.0 Å². The third-order valence-corrected chi connectivity index (χ3v) is 3.07. The first kappa shape index (κ1) is 13.2. The minimum absolute atomic E-state index is 0.0867. The highest BCUT2D eigenvalue weighted by Gasteiger charge is 2.17. The van der Waals surface area contributed by atoms with Gasteiger partial charge >= 0.3 is 0 Å². The van der Waals surface area contributed by atoms with E-state index in [0.717, 1.165) is 12.1 Å². The zero-order valence-corrected chi connectivity index (χ0v) is 11.0. The topological polar surface area (TPSA) is 35.0 Å². The van der Waals surface area contributed by atoms with Gasteiger partial charge < -0.3 is 4.74 Å². The molecule has 2 unspecified atom stereocenters. The van der Waals surface area contributed by atoms with Crippen molar-refractivity contribution in [1.82, 2.24) is 9.97 Å². The summed E-state index contributed by atoms with van der Waals surface area (Å²) in [6.45, 7) is 8.06. The number of nitrogens with zero attached hydrogens (tertiary/aromatic N) is 2. The molecule has 4 heteroatoms. The molecule has 1 heterocycles.